The molecule has 0 aliphatic carbocycles. The Labute approximate surface area is 183 Å². The molecule has 2 unspecified atom stereocenters. The highest BCUT2D eigenvalue weighted by Gasteiger charge is 2.52. The van der Waals surface area contributed by atoms with Crippen LogP contribution in [0.4, 0.5) is 13.2 Å². The van der Waals surface area contributed by atoms with E-state index < -0.39 is 12.1 Å². The Morgan fingerprint density at radius 1 is 1.07 bits per heavy atom. The highest BCUT2D eigenvalue weighted by molar-refractivity contribution is 14.1. The number of aromatic nitrogens is 4. The van der Waals surface area contributed by atoms with E-state index in [1.165, 1.54) is 0 Å². The van der Waals surface area contributed by atoms with Crippen molar-refractivity contribution >= 4 is 34.1 Å². The van der Waals surface area contributed by atoms with Gasteiger partial charge in [-0.2, -0.15) is 18.3 Å². The maximum Gasteiger partial charge on any atom is 0.471 e. The Bertz CT molecular complexity index is 1100. The van der Waals surface area contributed by atoms with Gasteiger partial charge in [-0.25, -0.2) is 9.50 Å². The van der Waals surface area contributed by atoms with Crippen LogP contribution in [0.25, 0.3) is 16.9 Å². The van der Waals surface area contributed by atoms with Gasteiger partial charge in [0.15, 0.2) is 5.65 Å². The summed E-state index contributed by atoms with van der Waals surface area (Å²) in [5, 5.41) is 4.78. The zero-order valence-corrected chi connectivity index (χ0v) is 17.8. The predicted octanol–water partition coefficient (Wildman–Crippen LogP) is 4.20. The van der Waals surface area contributed by atoms with Gasteiger partial charge < -0.3 is 4.90 Å². The molecule has 2 atom stereocenters. The molecule has 10 heteroatoms. The van der Waals surface area contributed by atoms with E-state index in [4.69, 9.17) is 5.10 Å². The normalized spacial score (nSPS) is 23.9. The van der Waals surface area contributed by atoms with Gasteiger partial charge in [0.1, 0.15) is 5.69 Å². The van der Waals surface area contributed by atoms with Gasteiger partial charge in [0, 0.05) is 47.8 Å². The van der Waals surface area contributed by atoms with Gasteiger partial charge in [0.2, 0.25) is 0 Å². The highest BCUT2D eigenvalue weighted by atomic mass is 127. The third kappa shape index (κ3) is 3.15. The van der Waals surface area contributed by atoms with Gasteiger partial charge in [-0.3, -0.25) is 9.78 Å². The van der Waals surface area contributed by atoms with E-state index in [1.54, 1.807) is 18.6 Å². The minimum absolute atomic E-state index is 0.0197. The molecule has 2 aliphatic rings. The van der Waals surface area contributed by atoms with E-state index in [0.717, 1.165) is 31.1 Å². The van der Waals surface area contributed by atoms with Crippen molar-refractivity contribution in [2.24, 2.45) is 0 Å². The third-order valence-electron chi connectivity index (χ3n) is 6.07. The molecule has 2 fully saturated rings. The average Bonchev–Trinajstić information content (AvgIpc) is 3.20. The second kappa shape index (κ2) is 7.17. The molecule has 156 valence electrons. The predicted molar refractivity (Wildman–Crippen MR) is 111 cm³/mol. The van der Waals surface area contributed by atoms with Crippen LogP contribution in [0.1, 0.15) is 37.3 Å². The lowest BCUT2D eigenvalue weighted by Gasteiger charge is -2.39. The van der Waals surface area contributed by atoms with Crippen LogP contribution >= 0.6 is 22.6 Å². The van der Waals surface area contributed by atoms with Crippen LogP contribution < -0.4 is 0 Å². The lowest BCUT2D eigenvalue weighted by atomic mass is 9.87. The smallest absolute Gasteiger partial charge is 0.329 e. The van der Waals surface area contributed by atoms with Crippen LogP contribution in [0.5, 0.6) is 0 Å². The minimum Gasteiger partial charge on any atom is -0.329 e. The van der Waals surface area contributed by atoms with Crippen molar-refractivity contribution < 1.29 is 18.0 Å². The van der Waals surface area contributed by atoms with E-state index in [1.807, 2.05) is 22.7 Å². The Kier molecular flexibility index (Phi) is 4.71. The van der Waals surface area contributed by atoms with Gasteiger partial charge in [0.05, 0.1) is 3.57 Å². The fraction of sp³-hybridized carbons (Fsp3) is 0.400. The van der Waals surface area contributed by atoms with Crippen LogP contribution in [0, 0.1) is 3.57 Å². The standard InChI is InChI=1S/C20H17F3IN5O/c21-20(22,23)19(30)28-13-1-2-14(28)10-12(9-13)15-5-8-26-18-16(24)17(27-29(15)18)11-3-6-25-7-4-11/h3-8,12-14H,1-2,9-10H2. The van der Waals surface area contributed by atoms with E-state index in [0.29, 0.717) is 25.7 Å². The summed E-state index contributed by atoms with van der Waals surface area (Å²) in [6, 6.07) is 4.87. The Balaban J connectivity index is 1.50. The van der Waals surface area contributed by atoms with Crippen molar-refractivity contribution in [3.63, 3.8) is 0 Å². The SMILES string of the molecule is O=C(N1C2CCC1CC(c1ccnc3c(I)c(-c4ccncc4)nn13)C2)C(F)(F)F. The van der Waals surface area contributed by atoms with Crippen molar-refractivity contribution in [1.82, 2.24) is 24.5 Å². The lowest BCUT2D eigenvalue weighted by molar-refractivity contribution is -0.190. The summed E-state index contributed by atoms with van der Waals surface area (Å²) in [5.74, 6) is -1.69. The zero-order chi connectivity index (χ0) is 21.0. The molecule has 0 radical (unpaired) electrons. The molecule has 1 amide bonds. The molecule has 5 rings (SSSR count). The van der Waals surface area contributed by atoms with Crippen molar-refractivity contribution in [3.8, 4) is 11.3 Å². The molecular weight excluding hydrogens is 510 g/mol. The molecule has 2 saturated heterocycles. The number of fused-ring (bicyclic) bond motifs is 3. The molecule has 3 aromatic heterocycles. The van der Waals surface area contributed by atoms with Crippen molar-refractivity contribution in [2.45, 2.75) is 49.9 Å². The first kappa shape index (κ1) is 19.7. The molecule has 2 bridgehead atoms. The number of halogens is 4. The minimum atomic E-state index is -4.82. The summed E-state index contributed by atoms with van der Waals surface area (Å²) in [6.45, 7) is 0. The maximum atomic E-state index is 13.0. The van der Waals surface area contributed by atoms with Gasteiger partial charge in [-0.05, 0) is 66.5 Å². The molecular formula is C20H17F3IN5O. The van der Waals surface area contributed by atoms with E-state index in [9.17, 15) is 18.0 Å². The summed E-state index contributed by atoms with van der Waals surface area (Å²) in [7, 11) is 0. The summed E-state index contributed by atoms with van der Waals surface area (Å²) in [6.07, 6.45) is 2.52. The molecule has 3 aromatic rings. The third-order valence-corrected chi connectivity index (χ3v) is 7.07. The van der Waals surface area contributed by atoms with E-state index >= 15 is 0 Å². The Hall–Kier alpha value is -2.24. The molecule has 5 heterocycles. The summed E-state index contributed by atoms with van der Waals surface area (Å²) in [5.41, 5.74) is 3.37. The number of hydrogen-bond acceptors (Lipinski definition) is 4. The number of alkyl halides is 3. The number of hydrogen-bond donors (Lipinski definition) is 0. The first-order valence-corrected chi connectivity index (χ1v) is 10.8. The summed E-state index contributed by atoms with van der Waals surface area (Å²) < 4.78 is 41.8. The average molecular weight is 527 g/mol. The van der Waals surface area contributed by atoms with Crippen LogP contribution in [0.2, 0.25) is 0 Å². The second-order valence-electron chi connectivity index (χ2n) is 7.77. The maximum absolute atomic E-state index is 13.0. The number of carbonyl (C=O) groups is 1. The topological polar surface area (TPSA) is 63.4 Å². The van der Waals surface area contributed by atoms with Gasteiger partial charge >= 0.3 is 12.1 Å². The van der Waals surface area contributed by atoms with Crippen molar-refractivity contribution in [2.75, 3.05) is 0 Å². The van der Waals surface area contributed by atoms with E-state index in [2.05, 4.69) is 32.6 Å². The summed E-state index contributed by atoms with van der Waals surface area (Å²) >= 11 is 2.22. The quantitative estimate of drug-likeness (QED) is 0.469. The lowest BCUT2D eigenvalue weighted by Crippen LogP contribution is -2.51. The van der Waals surface area contributed by atoms with Gasteiger partial charge in [-0.15, -0.1) is 0 Å². The number of rotatable bonds is 2. The monoisotopic (exact) mass is 527 g/mol. The highest BCUT2D eigenvalue weighted by Crippen LogP contribution is 2.44. The van der Waals surface area contributed by atoms with Gasteiger partial charge in [0.25, 0.3) is 0 Å². The molecule has 0 spiro atoms. The first-order chi connectivity index (χ1) is 14.3. The van der Waals surface area contributed by atoms with Crippen molar-refractivity contribution in [1.29, 1.82) is 0 Å². The second-order valence-corrected chi connectivity index (χ2v) is 8.85. The first-order valence-electron chi connectivity index (χ1n) is 9.67. The molecule has 0 N–H and O–H groups in total. The van der Waals surface area contributed by atoms with Crippen molar-refractivity contribution in [3.05, 3.63) is 46.1 Å². The molecule has 30 heavy (non-hydrogen) atoms. The van der Waals surface area contributed by atoms with Crippen LogP contribution in [-0.4, -0.2) is 48.6 Å². The number of amides is 1. The van der Waals surface area contributed by atoms with Crippen LogP contribution in [0.3, 0.4) is 0 Å². The van der Waals surface area contributed by atoms with Gasteiger partial charge in [-0.1, -0.05) is 0 Å². The Morgan fingerprint density at radius 3 is 2.37 bits per heavy atom. The summed E-state index contributed by atoms with van der Waals surface area (Å²) in [4.78, 5) is 21.5. The zero-order valence-electron chi connectivity index (χ0n) is 15.7. The Morgan fingerprint density at radius 2 is 1.73 bits per heavy atom. The number of pyridine rings is 1. The van der Waals surface area contributed by atoms with Crippen LogP contribution in [0.15, 0.2) is 36.8 Å². The molecule has 2 aliphatic heterocycles. The molecule has 0 aromatic carbocycles. The number of nitrogens with zero attached hydrogens (tertiary/aromatic N) is 5. The number of carbonyl (C=O) groups excluding carboxylic acids is 1. The number of piperidine rings is 1. The fourth-order valence-electron chi connectivity index (χ4n) is 4.84. The van der Waals surface area contributed by atoms with E-state index in [-0.39, 0.29) is 18.0 Å². The molecule has 0 saturated carbocycles. The largest absolute Gasteiger partial charge is 0.471 e. The fourth-order valence-corrected chi connectivity index (χ4v) is 5.62. The van der Waals surface area contributed by atoms with Crippen LogP contribution in [-0.2, 0) is 4.79 Å². The molecule has 6 nitrogen and oxygen atoms in total.